The fraction of sp³-hybridized carbons (Fsp3) is 0.812. The van der Waals surface area contributed by atoms with E-state index < -0.39 is 11.6 Å². The van der Waals surface area contributed by atoms with Gasteiger partial charge in [-0.1, -0.05) is 90.2 Å². The molecule has 5 rings (SSSR count). The summed E-state index contributed by atoms with van der Waals surface area (Å²) in [5.41, 5.74) is -0.0318. The molecule has 1 N–H and O–H groups in total. The van der Waals surface area contributed by atoms with Crippen LogP contribution in [0.1, 0.15) is 106 Å². The summed E-state index contributed by atoms with van der Waals surface area (Å²) in [5.74, 6) is 2.06. The number of hydrogen-bond donors (Lipinski definition) is 1. The minimum absolute atomic E-state index is 0. The van der Waals surface area contributed by atoms with Gasteiger partial charge in [0.1, 0.15) is 18.2 Å². The molecule has 39 heavy (non-hydrogen) atoms. The van der Waals surface area contributed by atoms with E-state index in [1.165, 1.54) is 11.5 Å². The summed E-state index contributed by atoms with van der Waals surface area (Å²) in [6, 6.07) is 0. The molecule has 1 amide bonds. The van der Waals surface area contributed by atoms with Crippen molar-refractivity contribution in [1.29, 1.82) is 0 Å². The zero-order valence-electron chi connectivity index (χ0n) is 25.5. The smallest absolute Gasteiger partial charge is 0.448 e. The number of Topliss-reactive ketones (excluding diaryl/α,β-unsaturated/α-hetero) is 1. The summed E-state index contributed by atoms with van der Waals surface area (Å²) < 4.78 is 5.36. The molecule has 0 bridgehead atoms. The molecule has 0 aromatic heterocycles. The van der Waals surface area contributed by atoms with Crippen molar-refractivity contribution >= 4 is 29.3 Å². The molecule has 0 aromatic carbocycles. The number of nitrogens with one attached hydrogen (secondary N) is 1. The molecule has 0 radical (unpaired) electrons. The number of carbonyl (C=O) groups excluding carboxylic acids is 3. The van der Waals surface area contributed by atoms with Crippen LogP contribution in [0.3, 0.4) is 0 Å². The third-order valence-electron chi connectivity index (χ3n) is 12.4. The van der Waals surface area contributed by atoms with Gasteiger partial charge in [0, 0.05) is 11.8 Å². The third-order valence-corrected chi connectivity index (χ3v) is 12.6. The van der Waals surface area contributed by atoms with Gasteiger partial charge in [-0.2, -0.15) is 6.42 Å². The van der Waals surface area contributed by atoms with Gasteiger partial charge in [0.05, 0.1) is 5.88 Å². The van der Waals surface area contributed by atoms with Crippen molar-refractivity contribution in [3.8, 4) is 0 Å². The largest absolute Gasteiger partial charge is 1.00 e. The molecule has 5 aliphatic carbocycles. The maximum atomic E-state index is 14.4. The Balaban J connectivity index is 0.00000353. The number of fused-ring (bicyclic) bond motifs is 7. The molecule has 0 aliphatic heterocycles. The Morgan fingerprint density at radius 3 is 2.36 bits per heavy atom. The standard InChI is InChI=1S/C32H47ClNO4.Li/c1-27(2)12-14-32(34-26(37)38-17-16-33)15-13-31(7)25(20(32)19-27)21(35)18-23-29(5)10-9-24(36)28(3,4)22(29)8-11-30(23,31)6;/h18,22,25H,8-17,19H2,1-7H3,(H,34,37);/q-1;+1/t22?,25-,29-,30+,31+,32-;/m0./s1. The van der Waals surface area contributed by atoms with Crippen molar-refractivity contribution in [2.45, 2.75) is 112 Å². The zero-order valence-corrected chi connectivity index (χ0v) is 26.3. The second kappa shape index (κ2) is 9.91. The Hall–Kier alpha value is -0.763. The van der Waals surface area contributed by atoms with Crippen molar-refractivity contribution in [2.75, 3.05) is 12.5 Å². The molecule has 4 fully saturated rings. The fourth-order valence-corrected chi connectivity index (χ4v) is 10.1. The van der Waals surface area contributed by atoms with Gasteiger partial charge < -0.3 is 10.1 Å². The molecule has 0 aromatic rings. The van der Waals surface area contributed by atoms with Crippen LogP contribution < -0.4 is 24.2 Å². The minimum Gasteiger partial charge on any atom is -0.448 e. The average Bonchev–Trinajstić information content (AvgIpc) is 2.82. The van der Waals surface area contributed by atoms with Crippen molar-refractivity contribution in [2.24, 2.45) is 38.9 Å². The molecule has 0 saturated heterocycles. The van der Waals surface area contributed by atoms with Gasteiger partial charge in [-0.25, -0.2) is 4.79 Å². The number of carbonyl (C=O) groups is 3. The van der Waals surface area contributed by atoms with Crippen molar-refractivity contribution in [3.63, 3.8) is 0 Å². The van der Waals surface area contributed by atoms with E-state index in [-0.39, 0.29) is 76.0 Å². The van der Waals surface area contributed by atoms with E-state index in [0.717, 1.165) is 51.4 Å². The molecule has 212 valence electrons. The first kappa shape index (κ1) is 31.2. The molecular weight excluding hydrogens is 505 g/mol. The second-order valence-corrected chi connectivity index (χ2v) is 15.6. The van der Waals surface area contributed by atoms with E-state index in [1.807, 2.05) is 6.08 Å². The van der Waals surface area contributed by atoms with E-state index in [9.17, 15) is 14.4 Å². The van der Waals surface area contributed by atoms with Crippen molar-refractivity contribution in [1.82, 2.24) is 5.32 Å². The summed E-state index contributed by atoms with van der Waals surface area (Å²) in [6.07, 6.45) is 9.35. The van der Waals surface area contributed by atoms with Gasteiger partial charge in [0.15, 0.2) is 0 Å². The van der Waals surface area contributed by atoms with Gasteiger partial charge in [0.2, 0.25) is 0 Å². The molecular formula is C32H47ClLiNO4. The topological polar surface area (TPSA) is 72.5 Å². The number of ether oxygens (including phenoxy) is 1. The van der Waals surface area contributed by atoms with E-state index >= 15 is 0 Å². The maximum absolute atomic E-state index is 14.4. The summed E-state index contributed by atoms with van der Waals surface area (Å²) in [4.78, 5) is 40.2. The number of rotatable bonds is 3. The number of ketones is 2. The molecule has 6 atom stereocenters. The number of amides is 1. The second-order valence-electron chi connectivity index (χ2n) is 15.2. The number of hydrogen-bond acceptors (Lipinski definition) is 4. The molecule has 5 nitrogen and oxygen atoms in total. The molecule has 7 heteroatoms. The van der Waals surface area contributed by atoms with Crippen LogP contribution in [-0.2, 0) is 14.3 Å². The number of halogens is 1. The first-order valence-corrected chi connectivity index (χ1v) is 15.3. The number of alkyl carbamates (subject to hydrolysis) is 1. The molecule has 4 saturated carbocycles. The Labute approximate surface area is 252 Å². The van der Waals surface area contributed by atoms with E-state index in [1.54, 1.807) is 0 Å². The third kappa shape index (κ3) is 4.42. The average molecular weight is 552 g/mol. The normalized spacial score (nSPS) is 42.5. The Kier molecular flexibility index (Phi) is 7.92. The van der Waals surface area contributed by atoms with Crippen LogP contribution in [0.15, 0.2) is 11.6 Å². The van der Waals surface area contributed by atoms with Crippen molar-refractivity contribution in [3.05, 3.63) is 17.6 Å². The molecule has 1 unspecified atom stereocenters. The quantitative estimate of drug-likeness (QED) is 0.324. The minimum atomic E-state index is -0.513. The Morgan fingerprint density at radius 1 is 1.03 bits per heavy atom. The number of alkyl halides is 1. The van der Waals surface area contributed by atoms with Crippen molar-refractivity contribution < 1.29 is 38.0 Å². The van der Waals surface area contributed by atoms with Gasteiger partial charge in [-0.15, -0.1) is 11.6 Å². The molecule has 0 heterocycles. The fourth-order valence-electron chi connectivity index (χ4n) is 10.0. The summed E-state index contributed by atoms with van der Waals surface area (Å²) in [6.45, 7) is 16.1. The first-order valence-electron chi connectivity index (χ1n) is 14.7. The zero-order chi connectivity index (χ0) is 27.9. The van der Waals surface area contributed by atoms with Crippen LogP contribution in [0.2, 0.25) is 0 Å². The van der Waals surface area contributed by atoms with E-state index in [2.05, 4.69) is 53.8 Å². The van der Waals surface area contributed by atoms with Crippen LogP contribution in [0.4, 0.5) is 4.79 Å². The Morgan fingerprint density at radius 2 is 1.69 bits per heavy atom. The van der Waals surface area contributed by atoms with Crippen LogP contribution in [-0.4, -0.2) is 35.7 Å². The van der Waals surface area contributed by atoms with Gasteiger partial charge in [-0.05, 0) is 53.9 Å². The van der Waals surface area contributed by atoms with Crippen LogP contribution in [0.5, 0.6) is 0 Å². The van der Waals surface area contributed by atoms with Crippen LogP contribution >= 0.6 is 11.6 Å². The van der Waals surface area contributed by atoms with Crippen LogP contribution in [0.25, 0.3) is 0 Å². The number of allylic oxidation sites excluding steroid dienone is 2. The predicted octanol–water partition coefficient (Wildman–Crippen LogP) is 4.22. The molecule has 0 spiro atoms. The van der Waals surface area contributed by atoms with E-state index in [0.29, 0.717) is 12.2 Å². The van der Waals surface area contributed by atoms with Gasteiger partial charge in [0.25, 0.3) is 0 Å². The maximum Gasteiger partial charge on any atom is 1.00 e. The van der Waals surface area contributed by atoms with Gasteiger partial charge >= 0.3 is 25.0 Å². The van der Waals surface area contributed by atoms with E-state index in [4.69, 9.17) is 16.3 Å². The predicted molar refractivity (Wildman–Crippen MR) is 150 cm³/mol. The first-order chi connectivity index (χ1) is 17.6. The summed E-state index contributed by atoms with van der Waals surface area (Å²) >= 11 is 5.78. The van der Waals surface area contributed by atoms with Gasteiger partial charge in [-0.3, -0.25) is 15.5 Å². The van der Waals surface area contributed by atoms with Crippen LogP contribution in [0, 0.1) is 44.8 Å². The SMILES string of the molecule is CC1(C)CC[C@]2(NC(=O)OCCCl)CC[C@]3(C)[C@H](C(=O)C=C4[C@@]5(C)CCC(=O)C(C)(C)C5CC[C@]43C)[C-]2C1.[Li+]. The summed E-state index contributed by atoms with van der Waals surface area (Å²) in [7, 11) is 0. The Bertz CT molecular complexity index is 1090. The molecule has 5 aliphatic rings. The summed E-state index contributed by atoms with van der Waals surface area (Å²) in [5, 5.41) is 3.26. The monoisotopic (exact) mass is 551 g/mol.